The van der Waals surface area contributed by atoms with Gasteiger partial charge in [0.25, 0.3) is 5.91 Å². The number of fused-ring (bicyclic) bond motifs is 1. The van der Waals surface area contributed by atoms with Crippen LogP contribution in [0.4, 0.5) is 4.79 Å². The quantitative estimate of drug-likeness (QED) is 0.717. The van der Waals surface area contributed by atoms with Crippen molar-refractivity contribution >= 4 is 23.0 Å². The van der Waals surface area contributed by atoms with Gasteiger partial charge in [0.05, 0.1) is 13.2 Å². The van der Waals surface area contributed by atoms with E-state index in [1.165, 1.54) is 0 Å². The van der Waals surface area contributed by atoms with Gasteiger partial charge in [0.2, 0.25) is 0 Å². The molecule has 2 fully saturated rings. The summed E-state index contributed by atoms with van der Waals surface area (Å²) < 4.78 is 15.9. The molecule has 1 aromatic heterocycles. The molecular formula is C21H24N2O6. The SMILES string of the molecule is CCCOc1ccc2cc(C(=O)N3CCC(N4CCOC4=O)CC3)c(=O)oc2c1. The van der Waals surface area contributed by atoms with E-state index in [4.69, 9.17) is 13.9 Å². The van der Waals surface area contributed by atoms with Crippen molar-refractivity contribution < 1.29 is 23.5 Å². The molecule has 2 amide bonds. The van der Waals surface area contributed by atoms with Crippen LogP contribution in [0.2, 0.25) is 0 Å². The van der Waals surface area contributed by atoms with Crippen molar-refractivity contribution in [1.29, 1.82) is 0 Å². The lowest BCUT2D eigenvalue weighted by Crippen LogP contribution is -2.47. The van der Waals surface area contributed by atoms with Crippen LogP contribution in [0.5, 0.6) is 5.75 Å². The summed E-state index contributed by atoms with van der Waals surface area (Å²) in [6.45, 7) is 4.57. The second-order valence-corrected chi connectivity index (χ2v) is 7.33. The fourth-order valence-electron chi connectivity index (χ4n) is 3.84. The van der Waals surface area contributed by atoms with Crippen LogP contribution in [0.25, 0.3) is 11.0 Å². The maximum atomic E-state index is 12.9. The van der Waals surface area contributed by atoms with Crippen molar-refractivity contribution in [2.75, 3.05) is 32.8 Å². The number of likely N-dealkylation sites (tertiary alicyclic amines) is 1. The number of hydrogen-bond donors (Lipinski definition) is 0. The highest BCUT2D eigenvalue weighted by molar-refractivity contribution is 5.96. The predicted octanol–water partition coefficient (Wildman–Crippen LogP) is 2.64. The van der Waals surface area contributed by atoms with Gasteiger partial charge in [0.15, 0.2) is 0 Å². The normalized spacial score (nSPS) is 17.6. The minimum Gasteiger partial charge on any atom is -0.493 e. The lowest BCUT2D eigenvalue weighted by molar-refractivity contribution is 0.0654. The monoisotopic (exact) mass is 400 g/mol. The molecule has 3 heterocycles. The van der Waals surface area contributed by atoms with Gasteiger partial charge in [-0.05, 0) is 37.5 Å². The Morgan fingerprint density at radius 3 is 2.66 bits per heavy atom. The van der Waals surface area contributed by atoms with E-state index < -0.39 is 5.63 Å². The Kier molecular flexibility index (Phi) is 5.42. The molecule has 0 spiro atoms. The average molecular weight is 400 g/mol. The van der Waals surface area contributed by atoms with Crippen molar-refractivity contribution in [2.45, 2.75) is 32.2 Å². The Bertz CT molecular complexity index is 977. The summed E-state index contributed by atoms with van der Waals surface area (Å²) in [6.07, 6.45) is 1.92. The minimum atomic E-state index is -0.652. The Balaban J connectivity index is 1.48. The number of rotatable bonds is 5. The fraction of sp³-hybridized carbons (Fsp3) is 0.476. The standard InChI is InChI=1S/C21H24N2O6/c1-2-10-27-16-4-3-14-12-17(20(25)29-18(14)13-16)19(24)22-7-5-15(6-8-22)23-9-11-28-21(23)26/h3-4,12-13,15H,2,5-11H2,1H3. The Morgan fingerprint density at radius 2 is 1.97 bits per heavy atom. The van der Waals surface area contributed by atoms with Crippen LogP contribution in [0, 0.1) is 0 Å². The summed E-state index contributed by atoms with van der Waals surface area (Å²) in [4.78, 5) is 40.4. The summed E-state index contributed by atoms with van der Waals surface area (Å²) in [5.41, 5.74) is -0.231. The zero-order valence-corrected chi connectivity index (χ0v) is 16.4. The van der Waals surface area contributed by atoms with Crippen LogP contribution in [0.1, 0.15) is 36.5 Å². The Morgan fingerprint density at radius 1 is 1.17 bits per heavy atom. The first-order valence-electron chi connectivity index (χ1n) is 10.00. The maximum Gasteiger partial charge on any atom is 0.410 e. The number of hydrogen-bond acceptors (Lipinski definition) is 6. The second kappa shape index (κ2) is 8.14. The molecular weight excluding hydrogens is 376 g/mol. The largest absolute Gasteiger partial charge is 0.493 e. The molecule has 8 heteroatoms. The lowest BCUT2D eigenvalue weighted by Gasteiger charge is -2.35. The molecule has 29 heavy (non-hydrogen) atoms. The molecule has 0 unspecified atom stereocenters. The molecule has 2 aromatic rings. The second-order valence-electron chi connectivity index (χ2n) is 7.33. The maximum absolute atomic E-state index is 12.9. The summed E-state index contributed by atoms with van der Waals surface area (Å²) in [5.74, 6) is 0.290. The first-order valence-corrected chi connectivity index (χ1v) is 10.00. The molecule has 0 bridgehead atoms. The van der Waals surface area contributed by atoms with E-state index in [1.54, 1.807) is 34.1 Å². The van der Waals surface area contributed by atoms with E-state index in [0.717, 1.165) is 6.42 Å². The summed E-state index contributed by atoms with van der Waals surface area (Å²) in [6, 6.07) is 6.90. The van der Waals surface area contributed by atoms with Gasteiger partial charge in [-0.1, -0.05) is 6.92 Å². The van der Waals surface area contributed by atoms with E-state index in [1.807, 2.05) is 6.92 Å². The lowest BCUT2D eigenvalue weighted by atomic mass is 10.0. The summed E-state index contributed by atoms with van der Waals surface area (Å²) in [5, 5.41) is 0.673. The van der Waals surface area contributed by atoms with Crippen molar-refractivity contribution in [2.24, 2.45) is 0 Å². The van der Waals surface area contributed by atoms with Crippen LogP contribution < -0.4 is 10.4 Å². The molecule has 0 radical (unpaired) electrons. The van der Waals surface area contributed by atoms with E-state index in [2.05, 4.69) is 0 Å². The zero-order valence-electron chi connectivity index (χ0n) is 16.4. The number of benzene rings is 1. The minimum absolute atomic E-state index is 0.0266. The van der Waals surface area contributed by atoms with E-state index >= 15 is 0 Å². The molecule has 2 saturated heterocycles. The number of ether oxygens (including phenoxy) is 2. The highest BCUT2D eigenvalue weighted by atomic mass is 16.6. The van der Waals surface area contributed by atoms with Crippen LogP contribution in [0.15, 0.2) is 33.5 Å². The van der Waals surface area contributed by atoms with Crippen molar-refractivity contribution in [3.8, 4) is 5.75 Å². The molecule has 0 aliphatic carbocycles. The van der Waals surface area contributed by atoms with Crippen molar-refractivity contribution in [1.82, 2.24) is 9.80 Å². The Labute approximate surface area is 168 Å². The Hall–Kier alpha value is -3.03. The van der Waals surface area contributed by atoms with E-state index in [-0.39, 0.29) is 23.6 Å². The number of carbonyl (C=O) groups is 2. The molecule has 154 valence electrons. The first-order chi connectivity index (χ1) is 14.1. The highest BCUT2D eigenvalue weighted by Crippen LogP contribution is 2.23. The third-order valence-electron chi connectivity index (χ3n) is 5.40. The van der Waals surface area contributed by atoms with Gasteiger partial charge < -0.3 is 23.7 Å². The highest BCUT2D eigenvalue weighted by Gasteiger charge is 2.34. The smallest absolute Gasteiger partial charge is 0.410 e. The molecule has 0 N–H and O–H groups in total. The third kappa shape index (κ3) is 3.92. The number of cyclic esters (lactones) is 1. The number of nitrogens with zero attached hydrogens (tertiary/aromatic N) is 2. The van der Waals surface area contributed by atoms with Gasteiger partial charge in [-0.15, -0.1) is 0 Å². The van der Waals surface area contributed by atoms with Gasteiger partial charge in [-0.25, -0.2) is 9.59 Å². The van der Waals surface area contributed by atoms with E-state index in [9.17, 15) is 14.4 Å². The zero-order chi connectivity index (χ0) is 20.4. The van der Waals surface area contributed by atoms with Crippen LogP contribution in [0.3, 0.4) is 0 Å². The van der Waals surface area contributed by atoms with Crippen molar-refractivity contribution in [3.05, 3.63) is 40.2 Å². The number of piperidine rings is 1. The molecule has 4 rings (SSSR count). The van der Waals surface area contributed by atoms with Gasteiger partial charge in [-0.2, -0.15) is 0 Å². The van der Waals surface area contributed by atoms with Crippen LogP contribution in [-0.2, 0) is 4.74 Å². The molecule has 0 atom stereocenters. The number of amides is 2. The first kappa shape index (κ1) is 19.3. The third-order valence-corrected chi connectivity index (χ3v) is 5.40. The van der Waals surface area contributed by atoms with Crippen molar-refractivity contribution in [3.63, 3.8) is 0 Å². The molecule has 1 aromatic carbocycles. The number of carbonyl (C=O) groups excluding carboxylic acids is 2. The summed E-state index contributed by atoms with van der Waals surface area (Å²) >= 11 is 0. The molecule has 2 aliphatic heterocycles. The molecule has 2 aliphatic rings. The van der Waals surface area contributed by atoms with Gasteiger partial charge in [0.1, 0.15) is 23.5 Å². The van der Waals surface area contributed by atoms with Crippen LogP contribution in [-0.4, -0.2) is 60.7 Å². The van der Waals surface area contributed by atoms with Gasteiger partial charge in [0, 0.05) is 30.6 Å². The van der Waals surface area contributed by atoms with Gasteiger partial charge in [-0.3, -0.25) is 4.79 Å². The van der Waals surface area contributed by atoms with Crippen LogP contribution >= 0.6 is 0 Å². The molecule has 0 saturated carbocycles. The summed E-state index contributed by atoms with van der Waals surface area (Å²) in [7, 11) is 0. The molecule has 8 nitrogen and oxygen atoms in total. The predicted molar refractivity (Wildman–Crippen MR) is 105 cm³/mol. The van der Waals surface area contributed by atoms with E-state index in [0.29, 0.717) is 62.4 Å². The topological polar surface area (TPSA) is 89.3 Å². The average Bonchev–Trinajstić information content (AvgIpc) is 3.17. The van der Waals surface area contributed by atoms with Gasteiger partial charge >= 0.3 is 11.7 Å². The fourth-order valence-corrected chi connectivity index (χ4v) is 3.84.